The van der Waals surface area contributed by atoms with Crippen LogP contribution in [0.25, 0.3) is 0 Å². The summed E-state index contributed by atoms with van der Waals surface area (Å²) in [6.45, 7) is 2.87. The van der Waals surface area contributed by atoms with E-state index in [1.807, 2.05) is 0 Å². The predicted octanol–water partition coefficient (Wildman–Crippen LogP) is 1.54. The minimum absolute atomic E-state index is 0.00717. The number of phenols is 1. The van der Waals surface area contributed by atoms with E-state index < -0.39 is 17.5 Å². The second-order valence-electron chi connectivity index (χ2n) is 4.02. The minimum Gasteiger partial charge on any atom is -0.508 e. The van der Waals surface area contributed by atoms with Gasteiger partial charge in [-0.25, -0.2) is 0 Å². The molecule has 1 aromatic carbocycles. The number of carbonyl (C=O) groups is 1. The summed E-state index contributed by atoms with van der Waals surface area (Å²) < 4.78 is 0. The van der Waals surface area contributed by atoms with Gasteiger partial charge in [0, 0.05) is 0 Å². The number of carboxylic acid groups (broad SMARTS) is 1. The Hall–Kier alpha value is -1.55. The molecule has 0 bridgehead atoms. The first-order valence-corrected chi connectivity index (χ1v) is 4.56. The van der Waals surface area contributed by atoms with E-state index in [4.69, 9.17) is 5.11 Å². The van der Waals surface area contributed by atoms with Gasteiger partial charge >= 0.3 is 5.97 Å². The Balaban J connectivity index is 3.04. The summed E-state index contributed by atoms with van der Waals surface area (Å²) in [5.41, 5.74) is -0.893. The maximum atomic E-state index is 10.9. The molecular formula is C11H14O4. The molecule has 0 spiro atoms. The van der Waals surface area contributed by atoms with Gasteiger partial charge in [0.1, 0.15) is 5.75 Å². The summed E-state index contributed by atoms with van der Waals surface area (Å²) in [4.78, 5) is 10.9. The van der Waals surface area contributed by atoms with Gasteiger partial charge < -0.3 is 15.3 Å². The fraction of sp³-hybridized carbons (Fsp3) is 0.364. The van der Waals surface area contributed by atoms with E-state index in [0.29, 0.717) is 5.56 Å². The van der Waals surface area contributed by atoms with Crippen LogP contribution in [0.15, 0.2) is 24.3 Å². The number of hydrogen-bond acceptors (Lipinski definition) is 3. The van der Waals surface area contributed by atoms with Crippen LogP contribution < -0.4 is 0 Å². The normalized spacial score (nSPS) is 13.5. The van der Waals surface area contributed by atoms with E-state index in [0.717, 1.165) is 0 Å². The zero-order chi connectivity index (χ0) is 11.6. The molecule has 3 N–H and O–H groups in total. The van der Waals surface area contributed by atoms with Crippen molar-refractivity contribution in [1.82, 2.24) is 0 Å². The van der Waals surface area contributed by atoms with Crippen molar-refractivity contribution in [3.8, 4) is 5.75 Å². The van der Waals surface area contributed by atoms with Crippen molar-refractivity contribution in [3.63, 3.8) is 0 Å². The molecule has 82 valence electrons. The molecule has 1 atom stereocenters. The van der Waals surface area contributed by atoms with Gasteiger partial charge in [0.15, 0.2) is 0 Å². The molecule has 0 aromatic heterocycles. The van der Waals surface area contributed by atoms with Crippen molar-refractivity contribution in [3.05, 3.63) is 29.8 Å². The maximum Gasteiger partial charge on any atom is 0.312 e. The Kier molecular flexibility index (Phi) is 3.00. The third-order valence-corrected chi connectivity index (χ3v) is 2.42. The second-order valence-corrected chi connectivity index (χ2v) is 4.02. The molecule has 0 amide bonds. The molecule has 0 saturated heterocycles. The van der Waals surface area contributed by atoms with E-state index in [-0.39, 0.29) is 5.75 Å². The van der Waals surface area contributed by atoms with Crippen LogP contribution in [-0.4, -0.2) is 21.3 Å². The molecule has 0 saturated carbocycles. The Morgan fingerprint density at radius 2 is 2.00 bits per heavy atom. The zero-order valence-corrected chi connectivity index (χ0v) is 8.64. The number of hydrogen-bond donors (Lipinski definition) is 3. The van der Waals surface area contributed by atoms with Gasteiger partial charge in [-0.2, -0.15) is 0 Å². The van der Waals surface area contributed by atoms with Gasteiger partial charge in [0.05, 0.1) is 11.5 Å². The van der Waals surface area contributed by atoms with E-state index in [1.54, 1.807) is 12.1 Å². The average Bonchev–Trinajstić information content (AvgIpc) is 2.16. The van der Waals surface area contributed by atoms with Crippen LogP contribution in [-0.2, 0) is 4.79 Å². The Morgan fingerprint density at radius 1 is 1.40 bits per heavy atom. The molecule has 4 heteroatoms. The van der Waals surface area contributed by atoms with Gasteiger partial charge in [-0.3, -0.25) is 4.79 Å². The van der Waals surface area contributed by atoms with Crippen LogP contribution >= 0.6 is 0 Å². The van der Waals surface area contributed by atoms with E-state index >= 15 is 0 Å². The molecule has 0 radical (unpaired) electrons. The van der Waals surface area contributed by atoms with Crippen molar-refractivity contribution < 1.29 is 20.1 Å². The Bertz CT molecular complexity index is 371. The minimum atomic E-state index is -1.28. The largest absolute Gasteiger partial charge is 0.508 e. The topological polar surface area (TPSA) is 77.8 Å². The lowest BCUT2D eigenvalue weighted by Gasteiger charge is -2.26. The molecule has 4 nitrogen and oxygen atoms in total. The number of benzene rings is 1. The molecule has 15 heavy (non-hydrogen) atoms. The third-order valence-electron chi connectivity index (χ3n) is 2.42. The predicted molar refractivity (Wildman–Crippen MR) is 54.5 cm³/mol. The smallest absolute Gasteiger partial charge is 0.312 e. The number of carboxylic acids is 1. The second kappa shape index (κ2) is 3.90. The summed E-state index contributed by atoms with van der Waals surface area (Å²) in [7, 11) is 0. The standard InChI is InChI=1S/C11H14O4/c1-11(2,10(14)15)9(13)7-4-3-5-8(12)6-7/h3-6,9,12-13H,1-2H3,(H,14,15)/t9-/m1/s1. The summed E-state index contributed by atoms with van der Waals surface area (Å²) >= 11 is 0. The quantitative estimate of drug-likeness (QED) is 0.707. The van der Waals surface area contributed by atoms with Crippen LogP contribution in [0.2, 0.25) is 0 Å². The van der Waals surface area contributed by atoms with E-state index in [9.17, 15) is 15.0 Å². The van der Waals surface area contributed by atoms with Gasteiger partial charge in [0.25, 0.3) is 0 Å². The number of aliphatic hydroxyl groups excluding tert-OH is 1. The summed E-state index contributed by atoms with van der Waals surface area (Å²) in [6.07, 6.45) is -1.15. The first kappa shape index (κ1) is 11.5. The van der Waals surface area contributed by atoms with Crippen LogP contribution in [0.5, 0.6) is 5.75 Å². The van der Waals surface area contributed by atoms with Crippen LogP contribution in [0.4, 0.5) is 0 Å². The van der Waals surface area contributed by atoms with Crippen molar-refractivity contribution >= 4 is 5.97 Å². The first-order valence-electron chi connectivity index (χ1n) is 4.56. The number of aromatic hydroxyl groups is 1. The van der Waals surface area contributed by atoms with Crippen LogP contribution in [0.1, 0.15) is 25.5 Å². The van der Waals surface area contributed by atoms with Gasteiger partial charge in [-0.05, 0) is 31.5 Å². The fourth-order valence-electron chi connectivity index (χ4n) is 1.23. The SMILES string of the molecule is CC(C)(C(=O)O)[C@H](O)c1cccc(O)c1. The monoisotopic (exact) mass is 210 g/mol. The fourth-order valence-corrected chi connectivity index (χ4v) is 1.23. The molecular weight excluding hydrogens is 196 g/mol. The maximum absolute atomic E-state index is 10.9. The molecule has 0 aliphatic carbocycles. The lowest BCUT2D eigenvalue weighted by Crippen LogP contribution is -2.31. The molecule has 1 rings (SSSR count). The van der Waals surface area contributed by atoms with Crippen molar-refractivity contribution in [1.29, 1.82) is 0 Å². The molecule has 0 fully saturated rings. The van der Waals surface area contributed by atoms with Crippen molar-refractivity contribution in [2.75, 3.05) is 0 Å². The van der Waals surface area contributed by atoms with Crippen molar-refractivity contribution in [2.45, 2.75) is 20.0 Å². The lowest BCUT2D eigenvalue weighted by atomic mass is 9.83. The summed E-state index contributed by atoms with van der Waals surface area (Å²) in [5.74, 6) is -1.08. The lowest BCUT2D eigenvalue weighted by molar-refractivity contribution is -0.153. The first-order chi connectivity index (χ1) is 6.85. The molecule has 0 aliphatic rings. The number of aliphatic hydroxyl groups is 1. The van der Waals surface area contributed by atoms with Crippen LogP contribution in [0.3, 0.4) is 0 Å². The highest BCUT2D eigenvalue weighted by molar-refractivity contribution is 5.74. The Labute approximate surface area is 87.8 Å². The number of phenolic OH excluding ortho intramolecular Hbond substituents is 1. The third kappa shape index (κ3) is 2.27. The Morgan fingerprint density at radius 3 is 2.47 bits per heavy atom. The van der Waals surface area contributed by atoms with Gasteiger partial charge in [0.2, 0.25) is 0 Å². The molecule has 0 heterocycles. The molecule has 0 aliphatic heterocycles. The number of rotatable bonds is 3. The van der Waals surface area contributed by atoms with Gasteiger partial charge in [-0.1, -0.05) is 12.1 Å². The van der Waals surface area contributed by atoms with Crippen molar-refractivity contribution in [2.24, 2.45) is 5.41 Å². The summed E-state index contributed by atoms with van der Waals surface area (Å²) in [6, 6.07) is 5.96. The highest BCUT2D eigenvalue weighted by atomic mass is 16.4. The molecule has 0 unspecified atom stereocenters. The van der Waals surface area contributed by atoms with Crippen LogP contribution in [0, 0.1) is 5.41 Å². The highest BCUT2D eigenvalue weighted by Crippen LogP contribution is 2.34. The number of aliphatic carboxylic acids is 1. The highest BCUT2D eigenvalue weighted by Gasteiger charge is 2.36. The van der Waals surface area contributed by atoms with E-state index in [2.05, 4.69) is 0 Å². The molecule has 1 aromatic rings. The van der Waals surface area contributed by atoms with Gasteiger partial charge in [-0.15, -0.1) is 0 Å². The van der Waals surface area contributed by atoms with E-state index in [1.165, 1.54) is 26.0 Å². The average molecular weight is 210 g/mol. The summed E-state index contributed by atoms with van der Waals surface area (Å²) in [5, 5.41) is 28.0. The zero-order valence-electron chi connectivity index (χ0n) is 8.64.